The Morgan fingerprint density at radius 3 is 2.72 bits per heavy atom. The maximum atomic E-state index is 12.0. The highest BCUT2D eigenvalue weighted by Gasteiger charge is 2.21. The highest BCUT2D eigenvalue weighted by Crippen LogP contribution is 2.20. The Morgan fingerprint density at radius 2 is 1.92 bits per heavy atom. The van der Waals surface area contributed by atoms with Gasteiger partial charge in [0, 0.05) is 39.1 Å². The molecule has 2 atom stereocenters. The summed E-state index contributed by atoms with van der Waals surface area (Å²) in [5.74, 6) is 3.43. The maximum absolute atomic E-state index is 12.0. The molecular formula is C18H32N6O. The Kier molecular flexibility index (Phi) is 6.29. The molecule has 0 aliphatic carbocycles. The Balaban J connectivity index is 1.38. The summed E-state index contributed by atoms with van der Waals surface area (Å²) in [4.78, 5) is 14.5. The number of aromatic nitrogens is 3. The third-order valence-electron chi connectivity index (χ3n) is 5.25. The van der Waals surface area contributed by atoms with Crippen LogP contribution >= 0.6 is 0 Å². The highest BCUT2D eigenvalue weighted by molar-refractivity contribution is 5.73. The molecule has 7 heteroatoms. The van der Waals surface area contributed by atoms with Crippen molar-refractivity contribution >= 4 is 6.03 Å². The second-order valence-corrected chi connectivity index (χ2v) is 7.81. The summed E-state index contributed by atoms with van der Waals surface area (Å²) in [5.41, 5.74) is 0. The van der Waals surface area contributed by atoms with Gasteiger partial charge in [-0.05, 0) is 31.1 Å². The number of hydrogen-bond donors (Lipinski definition) is 2. The fourth-order valence-electron chi connectivity index (χ4n) is 4.20. The molecule has 2 aliphatic rings. The van der Waals surface area contributed by atoms with Crippen LogP contribution in [-0.4, -0.2) is 51.9 Å². The molecule has 0 saturated carbocycles. The summed E-state index contributed by atoms with van der Waals surface area (Å²) in [6, 6.07) is -0.121. The Bertz CT molecular complexity index is 562. The summed E-state index contributed by atoms with van der Waals surface area (Å²) in [6.45, 7) is 9.90. The first kappa shape index (κ1) is 18.2. The van der Waals surface area contributed by atoms with Crippen molar-refractivity contribution in [2.24, 2.45) is 11.8 Å². The van der Waals surface area contributed by atoms with E-state index in [4.69, 9.17) is 0 Å². The third kappa shape index (κ3) is 5.17. The van der Waals surface area contributed by atoms with Crippen LogP contribution in [0, 0.1) is 11.8 Å². The molecule has 7 nitrogen and oxygen atoms in total. The van der Waals surface area contributed by atoms with Crippen LogP contribution in [-0.2, 0) is 19.5 Å². The second kappa shape index (κ2) is 8.65. The zero-order valence-electron chi connectivity index (χ0n) is 15.6. The van der Waals surface area contributed by atoms with Gasteiger partial charge in [-0.2, -0.15) is 0 Å². The molecule has 3 heterocycles. The van der Waals surface area contributed by atoms with Crippen LogP contribution in [0.1, 0.15) is 51.2 Å². The van der Waals surface area contributed by atoms with Crippen LogP contribution in [0.25, 0.3) is 0 Å². The minimum Gasteiger partial charge on any atom is -0.337 e. The van der Waals surface area contributed by atoms with Gasteiger partial charge < -0.3 is 20.1 Å². The van der Waals surface area contributed by atoms with Gasteiger partial charge in [0.1, 0.15) is 5.82 Å². The monoisotopic (exact) mass is 348 g/mol. The molecule has 0 bridgehead atoms. The number of hydrogen-bond acceptors (Lipinski definition) is 4. The Hall–Kier alpha value is -1.63. The lowest BCUT2D eigenvalue weighted by molar-refractivity contribution is 0.142. The fraction of sp³-hybridized carbons (Fsp3) is 0.833. The van der Waals surface area contributed by atoms with E-state index in [9.17, 15) is 4.79 Å². The zero-order chi connectivity index (χ0) is 17.6. The normalized spacial score (nSPS) is 24.4. The quantitative estimate of drug-likeness (QED) is 0.851. The minimum atomic E-state index is -0.121. The molecule has 0 radical (unpaired) electrons. The van der Waals surface area contributed by atoms with Gasteiger partial charge in [-0.15, -0.1) is 10.2 Å². The van der Waals surface area contributed by atoms with Gasteiger partial charge in [-0.3, -0.25) is 0 Å². The van der Waals surface area contributed by atoms with Crippen molar-refractivity contribution in [1.29, 1.82) is 0 Å². The first-order chi connectivity index (χ1) is 12.1. The first-order valence-electron chi connectivity index (χ1n) is 9.77. The van der Waals surface area contributed by atoms with E-state index in [0.29, 0.717) is 13.1 Å². The number of carbonyl (C=O) groups excluding carboxylic acids is 1. The van der Waals surface area contributed by atoms with Crippen molar-refractivity contribution in [2.45, 2.75) is 59.0 Å². The standard InChI is InChI=1S/C18H32N6O/c1-14-10-15(2)13-23(12-14)9-7-19-18(25)20-11-17-22-21-16-6-4-3-5-8-24(16)17/h14-15H,3-13H2,1-2H3,(H2,19,20,25). The number of urea groups is 1. The SMILES string of the molecule is CC1CC(C)CN(CCNC(=O)NCc2nnc3n2CCCCC3)C1. The molecule has 1 aromatic heterocycles. The number of nitrogens with one attached hydrogen (secondary N) is 2. The van der Waals surface area contributed by atoms with E-state index in [0.717, 1.165) is 62.5 Å². The van der Waals surface area contributed by atoms with Crippen molar-refractivity contribution in [1.82, 2.24) is 30.3 Å². The number of aryl methyl sites for hydroxylation is 1. The van der Waals surface area contributed by atoms with Gasteiger partial charge in [-0.25, -0.2) is 4.79 Å². The third-order valence-corrected chi connectivity index (χ3v) is 5.25. The van der Waals surface area contributed by atoms with Crippen molar-refractivity contribution in [3.05, 3.63) is 11.6 Å². The lowest BCUT2D eigenvalue weighted by atomic mass is 9.92. The second-order valence-electron chi connectivity index (χ2n) is 7.81. The predicted octanol–water partition coefficient (Wildman–Crippen LogP) is 1.78. The first-order valence-corrected chi connectivity index (χ1v) is 9.77. The number of rotatable bonds is 5. The van der Waals surface area contributed by atoms with E-state index in [1.165, 1.54) is 19.3 Å². The largest absolute Gasteiger partial charge is 0.337 e. The summed E-state index contributed by atoms with van der Waals surface area (Å²) >= 11 is 0. The molecule has 1 fully saturated rings. The topological polar surface area (TPSA) is 75.1 Å². The van der Waals surface area contributed by atoms with Crippen LogP contribution in [0.4, 0.5) is 4.79 Å². The number of fused-ring (bicyclic) bond motifs is 1. The molecule has 1 aromatic rings. The summed E-state index contributed by atoms with van der Waals surface area (Å²) in [6.07, 6.45) is 5.89. The average Bonchev–Trinajstić information content (AvgIpc) is 2.79. The number of likely N-dealkylation sites (tertiary alicyclic amines) is 1. The van der Waals surface area contributed by atoms with Gasteiger partial charge in [0.05, 0.1) is 6.54 Å². The molecule has 2 aliphatic heterocycles. The molecule has 3 rings (SSSR count). The average molecular weight is 348 g/mol. The van der Waals surface area contributed by atoms with E-state index < -0.39 is 0 Å². The molecule has 140 valence electrons. The molecule has 0 spiro atoms. The van der Waals surface area contributed by atoms with Crippen LogP contribution in [0.3, 0.4) is 0 Å². The number of amides is 2. The summed E-state index contributed by atoms with van der Waals surface area (Å²) < 4.78 is 2.17. The van der Waals surface area contributed by atoms with Crippen LogP contribution in [0.15, 0.2) is 0 Å². The van der Waals surface area contributed by atoms with Crippen molar-refractivity contribution in [3.8, 4) is 0 Å². The molecule has 1 saturated heterocycles. The number of nitrogens with zero attached hydrogens (tertiary/aromatic N) is 4. The molecule has 25 heavy (non-hydrogen) atoms. The highest BCUT2D eigenvalue weighted by atomic mass is 16.2. The summed E-state index contributed by atoms with van der Waals surface area (Å²) in [7, 11) is 0. The van der Waals surface area contributed by atoms with Gasteiger partial charge in [0.25, 0.3) is 0 Å². The van der Waals surface area contributed by atoms with Gasteiger partial charge >= 0.3 is 6.03 Å². The van der Waals surface area contributed by atoms with E-state index in [1.54, 1.807) is 0 Å². The van der Waals surface area contributed by atoms with Gasteiger partial charge in [-0.1, -0.05) is 20.3 Å². The van der Waals surface area contributed by atoms with E-state index in [1.807, 2.05) is 0 Å². The fourth-order valence-corrected chi connectivity index (χ4v) is 4.20. The van der Waals surface area contributed by atoms with E-state index in [-0.39, 0.29) is 6.03 Å². The maximum Gasteiger partial charge on any atom is 0.315 e. The Morgan fingerprint density at radius 1 is 1.12 bits per heavy atom. The van der Waals surface area contributed by atoms with Crippen molar-refractivity contribution in [3.63, 3.8) is 0 Å². The van der Waals surface area contributed by atoms with Gasteiger partial charge in [0.2, 0.25) is 0 Å². The lowest BCUT2D eigenvalue weighted by Crippen LogP contribution is -2.44. The lowest BCUT2D eigenvalue weighted by Gasteiger charge is -2.34. The molecular weight excluding hydrogens is 316 g/mol. The smallest absolute Gasteiger partial charge is 0.315 e. The summed E-state index contributed by atoms with van der Waals surface area (Å²) in [5, 5.41) is 14.4. The number of carbonyl (C=O) groups is 1. The molecule has 2 N–H and O–H groups in total. The number of piperidine rings is 1. The van der Waals surface area contributed by atoms with Crippen LogP contribution in [0.5, 0.6) is 0 Å². The Labute approximate surface area is 150 Å². The van der Waals surface area contributed by atoms with E-state index in [2.05, 4.69) is 44.1 Å². The minimum absolute atomic E-state index is 0.121. The van der Waals surface area contributed by atoms with Crippen LogP contribution < -0.4 is 10.6 Å². The van der Waals surface area contributed by atoms with Crippen molar-refractivity contribution < 1.29 is 4.79 Å². The molecule has 2 amide bonds. The van der Waals surface area contributed by atoms with Crippen molar-refractivity contribution in [2.75, 3.05) is 26.2 Å². The predicted molar refractivity (Wildman–Crippen MR) is 97.2 cm³/mol. The van der Waals surface area contributed by atoms with Gasteiger partial charge in [0.15, 0.2) is 5.82 Å². The zero-order valence-corrected chi connectivity index (χ0v) is 15.6. The molecule has 2 unspecified atom stereocenters. The van der Waals surface area contributed by atoms with Crippen LogP contribution in [0.2, 0.25) is 0 Å². The molecule has 0 aromatic carbocycles. The van der Waals surface area contributed by atoms with E-state index >= 15 is 0 Å².